The van der Waals surface area contributed by atoms with E-state index >= 15 is 0 Å². The van der Waals surface area contributed by atoms with E-state index < -0.39 is 29.4 Å². The molecule has 1 N–H and O–H groups in total. The third-order valence-corrected chi connectivity index (χ3v) is 4.96. The molecule has 2 atom stereocenters. The van der Waals surface area contributed by atoms with Crippen LogP contribution < -0.4 is 4.74 Å². The zero-order chi connectivity index (χ0) is 18.3. The number of fused-ring (bicyclic) bond motifs is 2. The molecule has 0 amide bonds. The van der Waals surface area contributed by atoms with Gasteiger partial charge < -0.3 is 14.6 Å². The van der Waals surface area contributed by atoms with Crippen molar-refractivity contribution in [2.24, 2.45) is 11.8 Å². The van der Waals surface area contributed by atoms with Gasteiger partial charge in [0, 0.05) is 22.9 Å². The highest BCUT2D eigenvalue weighted by atomic mass is 35.5. The molecule has 2 aliphatic carbocycles. The van der Waals surface area contributed by atoms with Crippen molar-refractivity contribution in [1.82, 2.24) is 0 Å². The molecule has 0 saturated heterocycles. The Balaban J connectivity index is 2.14. The van der Waals surface area contributed by atoms with Crippen LogP contribution in [0.25, 0.3) is 5.76 Å². The maximum Gasteiger partial charge on any atom is 0.324 e. The SMILES string of the molecule is CCOC(=O)C1C(=O)CC2Cc3c(Cl)ccc(OC)c3C(O)=C2C1=O. The Morgan fingerprint density at radius 3 is 2.68 bits per heavy atom. The first-order valence-electron chi connectivity index (χ1n) is 7.93. The van der Waals surface area contributed by atoms with Crippen LogP contribution in [0.5, 0.6) is 5.75 Å². The van der Waals surface area contributed by atoms with Gasteiger partial charge in [0.15, 0.2) is 17.5 Å². The van der Waals surface area contributed by atoms with E-state index in [1.54, 1.807) is 19.1 Å². The number of esters is 1. The molecule has 7 heteroatoms. The van der Waals surface area contributed by atoms with Crippen LogP contribution in [0, 0.1) is 11.8 Å². The second-order valence-corrected chi connectivity index (χ2v) is 6.39. The van der Waals surface area contributed by atoms with Gasteiger partial charge in [0.1, 0.15) is 11.5 Å². The van der Waals surface area contributed by atoms with Crippen molar-refractivity contribution < 1.29 is 29.0 Å². The maximum atomic E-state index is 12.8. The van der Waals surface area contributed by atoms with Crippen LogP contribution in [0.3, 0.4) is 0 Å². The highest BCUT2D eigenvalue weighted by Gasteiger charge is 2.48. The largest absolute Gasteiger partial charge is 0.507 e. The normalized spacial score (nSPS) is 22.4. The van der Waals surface area contributed by atoms with Crippen LogP contribution in [0.4, 0.5) is 0 Å². The number of rotatable bonds is 3. The van der Waals surface area contributed by atoms with Crippen molar-refractivity contribution in [3.63, 3.8) is 0 Å². The van der Waals surface area contributed by atoms with Gasteiger partial charge in [-0.3, -0.25) is 14.4 Å². The van der Waals surface area contributed by atoms with E-state index in [9.17, 15) is 19.5 Å². The predicted octanol–water partition coefficient (Wildman–Crippen LogP) is 2.51. The summed E-state index contributed by atoms with van der Waals surface area (Å²) in [6, 6.07) is 3.24. The summed E-state index contributed by atoms with van der Waals surface area (Å²) in [6.45, 7) is 1.66. The molecule has 3 rings (SSSR count). The maximum absolute atomic E-state index is 12.8. The Morgan fingerprint density at radius 1 is 1.32 bits per heavy atom. The minimum Gasteiger partial charge on any atom is -0.507 e. The lowest BCUT2D eigenvalue weighted by Crippen LogP contribution is -2.43. The van der Waals surface area contributed by atoms with Crippen LogP contribution in [-0.4, -0.2) is 36.4 Å². The molecule has 1 fully saturated rings. The molecule has 0 radical (unpaired) electrons. The highest BCUT2D eigenvalue weighted by Crippen LogP contribution is 2.45. The first-order chi connectivity index (χ1) is 11.9. The first-order valence-corrected chi connectivity index (χ1v) is 8.30. The lowest BCUT2D eigenvalue weighted by Gasteiger charge is -2.33. The number of carbonyl (C=O) groups is 3. The van der Waals surface area contributed by atoms with E-state index in [1.807, 2.05) is 0 Å². The Labute approximate surface area is 149 Å². The summed E-state index contributed by atoms with van der Waals surface area (Å²) < 4.78 is 10.1. The Bertz CT molecular complexity index is 810. The summed E-state index contributed by atoms with van der Waals surface area (Å²) in [4.78, 5) is 37.1. The zero-order valence-electron chi connectivity index (χ0n) is 13.8. The van der Waals surface area contributed by atoms with E-state index in [0.717, 1.165) is 0 Å². The van der Waals surface area contributed by atoms with Crippen molar-refractivity contribution in [1.29, 1.82) is 0 Å². The third-order valence-electron chi connectivity index (χ3n) is 4.61. The Hall–Kier alpha value is -2.34. The number of hydrogen-bond acceptors (Lipinski definition) is 6. The van der Waals surface area contributed by atoms with Crippen LogP contribution in [0.2, 0.25) is 5.02 Å². The van der Waals surface area contributed by atoms with Gasteiger partial charge in [0.05, 0.1) is 19.3 Å². The number of aliphatic hydroxyl groups excluding tert-OH is 1. The molecule has 0 bridgehead atoms. The van der Waals surface area contributed by atoms with Gasteiger partial charge in [0.2, 0.25) is 0 Å². The van der Waals surface area contributed by atoms with Gasteiger partial charge in [-0.15, -0.1) is 0 Å². The molecule has 2 aliphatic rings. The molecular weight excluding hydrogens is 348 g/mol. The minimum atomic E-state index is -1.51. The number of carbonyl (C=O) groups excluding carboxylic acids is 3. The number of hydrogen-bond donors (Lipinski definition) is 1. The average Bonchev–Trinajstić information content (AvgIpc) is 2.55. The average molecular weight is 365 g/mol. The second-order valence-electron chi connectivity index (χ2n) is 5.99. The van der Waals surface area contributed by atoms with Crippen molar-refractivity contribution in [3.05, 3.63) is 33.9 Å². The van der Waals surface area contributed by atoms with Crippen LogP contribution in [0.1, 0.15) is 24.5 Å². The number of allylic oxidation sites excluding steroid dienone is 1. The monoisotopic (exact) mass is 364 g/mol. The van der Waals surface area contributed by atoms with Crippen LogP contribution in [-0.2, 0) is 25.5 Å². The number of aliphatic hydroxyl groups is 1. The number of ketones is 2. The Kier molecular flexibility index (Phi) is 4.56. The third kappa shape index (κ3) is 2.70. The van der Waals surface area contributed by atoms with Gasteiger partial charge in [-0.1, -0.05) is 11.6 Å². The smallest absolute Gasteiger partial charge is 0.324 e. The molecule has 132 valence electrons. The number of halogens is 1. The van der Waals surface area contributed by atoms with Gasteiger partial charge in [-0.2, -0.15) is 0 Å². The summed E-state index contributed by atoms with van der Waals surface area (Å²) in [5.74, 6) is -4.00. The molecular formula is C18H17ClO6. The van der Waals surface area contributed by atoms with E-state index in [-0.39, 0.29) is 24.4 Å². The fraction of sp³-hybridized carbons (Fsp3) is 0.389. The fourth-order valence-electron chi connectivity index (χ4n) is 3.53. The molecule has 0 spiro atoms. The zero-order valence-corrected chi connectivity index (χ0v) is 14.6. The molecule has 0 aliphatic heterocycles. The molecule has 6 nitrogen and oxygen atoms in total. The van der Waals surface area contributed by atoms with E-state index in [2.05, 4.69) is 0 Å². The second kappa shape index (κ2) is 6.52. The molecule has 0 heterocycles. The summed E-state index contributed by atoms with van der Waals surface area (Å²) in [7, 11) is 1.45. The van der Waals surface area contributed by atoms with Crippen molar-refractivity contribution >= 4 is 34.9 Å². The molecule has 1 saturated carbocycles. The van der Waals surface area contributed by atoms with Crippen molar-refractivity contribution in [2.45, 2.75) is 19.8 Å². The number of methoxy groups -OCH3 is 1. The number of benzene rings is 1. The summed E-state index contributed by atoms with van der Waals surface area (Å²) in [6.07, 6.45) is 0.291. The van der Waals surface area contributed by atoms with Crippen molar-refractivity contribution in [3.8, 4) is 5.75 Å². The Morgan fingerprint density at radius 2 is 2.04 bits per heavy atom. The highest BCUT2D eigenvalue weighted by molar-refractivity contribution is 6.32. The number of ether oxygens (including phenoxy) is 2. The van der Waals surface area contributed by atoms with E-state index in [1.165, 1.54) is 7.11 Å². The summed E-state index contributed by atoms with van der Waals surface area (Å²) in [5, 5.41) is 11.2. The van der Waals surface area contributed by atoms with Crippen LogP contribution in [0.15, 0.2) is 17.7 Å². The molecule has 25 heavy (non-hydrogen) atoms. The van der Waals surface area contributed by atoms with Gasteiger partial charge >= 0.3 is 5.97 Å². The number of Topliss-reactive ketones (excluding diaryl/α,β-unsaturated/α-hetero) is 2. The minimum absolute atomic E-state index is 0.0262. The van der Waals surface area contributed by atoms with E-state index in [0.29, 0.717) is 28.3 Å². The van der Waals surface area contributed by atoms with Gasteiger partial charge in [0.25, 0.3) is 0 Å². The summed E-state index contributed by atoms with van der Waals surface area (Å²) in [5.41, 5.74) is 1.04. The van der Waals surface area contributed by atoms with E-state index in [4.69, 9.17) is 21.1 Å². The molecule has 1 aromatic carbocycles. The predicted molar refractivity (Wildman–Crippen MR) is 89.5 cm³/mol. The lowest BCUT2D eigenvalue weighted by molar-refractivity contribution is -0.155. The molecule has 1 aromatic rings. The van der Waals surface area contributed by atoms with Gasteiger partial charge in [-0.25, -0.2) is 0 Å². The first kappa shape index (κ1) is 17.5. The standard InChI is InChI=1S/C18H17ClO6/c1-3-25-18(23)15-11(20)7-8-6-9-10(19)4-5-12(24-2)14(9)16(21)13(8)17(15)22/h4-5,8,15,21H,3,6-7H2,1-2H3. The van der Waals surface area contributed by atoms with Crippen LogP contribution >= 0.6 is 11.6 Å². The quantitative estimate of drug-likeness (QED) is 0.654. The molecule has 2 unspecified atom stereocenters. The lowest BCUT2D eigenvalue weighted by atomic mass is 9.69. The van der Waals surface area contributed by atoms with Crippen molar-refractivity contribution in [2.75, 3.05) is 13.7 Å². The summed E-state index contributed by atoms with van der Waals surface area (Å²) >= 11 is 6.23. The fourth-order valence-corrected chi connectivity index (χ4v) is 3.76. The van der Waals surface area contributed by atoms with Gasteiger partial charge in [-0.05, 0) is 31.0 Å². The topological polar surface area (TPSA) is 89.9 Å². The molecule has 0 aromatic heterocycles.